The van der Waals surface area contributed by atoms with Crippen LogP contribution in [0.15, 0.2) is 97.2 Å². The summed E-state index contributed by atoms with van der Waals surface area (Å²) in [5.74, 6) is -0.0537. The third-order valence-corrected chi connectivity index (χ3v) is 6.87. The molecule has 0 aliphatic carbocycles. The first-order chi connectivity index (χ1) is 18.5. The average molecular weight is 510 g/mol. The molecular weight excluding hydrogens is 484 g/mol. The Morgan fingerprint density at radius 2 is 1.68 bits per heavy atom. The minimum atomic E-state index is -0.571. The Hall–Kier alpha value is -4.72. The van der Waals surface area contributed by atoms with Gasteiger partial charge in [0.25, 0.3) is 0 Å². The van der Waals surface area contributed by atoms with Crippen molar-refractivity contribution in [1.29, 1.82) is 0 Å². The first-order valence-electron chi connectivity index (χ1n) is 12.5. The molecule has 1 aliphatic rings. The summed E-state index contributed by atoms with van der Waals surface area (Å²) >= 11 is 0. The van der Waals surface area contributed by atoms with Crippen LogP contribution in [0.2, 0.25) is 0 Å². The molecule has 3 aromatic carbocycles. The molecule has 5 aromatic rings. The minimum absolute atomic E-state index is 0.0888. The van der Waals surface area contributed by atoms with Crippen LogP contribution in [-0.2, 0) is 13.0 Å². The molecule has 3 heterocycles. The lowest BCUT2D eigenvalue weighted by atomic mass is 10.0. The number of urea groups is 1. The number of aromatic nitrogens is 3. The van der Waals surface area contributed by atoms with E-state index in [1.54, 1.807) is 29.2 Å². The van der Waals surface area contributed by atoms with Crippen molar-refractivity contribution in [2.75, 3.05) is 5.32 Å². The highest BCUT2D eigenvalue weighted by Gasteiger charge is 2.36. The van der Waals surface area contributed by atoms with E-state index in [1.165, 1.54) is 24.3 Å². The van der Waals surface area contributed by atoms with Gasteiger partial charge < -0.3 is 14.8 Å². The zero-order valence-electron chi connectivity index (χ0n) is 20.7. The zero-order valence-corrected chi connectivity index (χ0v) is 20.7. The number of hydrogen-bond donors (Lipinski definition) is 1. The fourth-order valence-electron chi connectivity index (χ4n) is 5.09. The van der Waals surface area contributed by atoms with E-state index >= 15 is 0 Å². The van der Waals surface area contributed by atoms with Crippen molar-refractivity contribution in [2.24, 2.45) is 0 Å². The average Bonchev–Trinajstić information content (AvgIpc) is 3.52. The van der Waals surface area contributed by atoms with Gasteiger partial charge in [-0.25, -0.2) is 18.3 Å². The number of nitrogens with one attached hydrogen (secondary N) is 1. The van der Waals surface area contributed by atoms with E-state index in [1.807, 2.05) is 64.8 Å². The number of rotatable bonds is 4. The molecule has 0 unspecified atom stereocenters. The van der Waals surface area contributed by atoms with Gasteiger partial charge >= 0.3 is 6.03 Å². The highest BCUT2D eigenvalue weighted by atomic mass is 19.1. The van der Waals surface area contributed by atoms with Crippen molar-refractivity contribution in [3.05, 3.63) is 131 Å². The molecule has 0 fully saturated rings. The van der Waals surface area contributed by atoms with Crippen molar-refractivity contribution in [3.63, 3.8) is 0 Å². The van der Waals surface area contributed by atoms with Crippen LogP contribution < -0.4 is 5.32 Å². The number of amides is 2. The number of carbonyl (C=O) groups is 1. The Balaban J connectivity index is 1.56. The van der Waals surface area contributed by atoms with Crippen LogP contribution in [-0.4, -0.2) is 25.3 Å². The van der Waals surface area contributed by atoms with Crippen LogP contribution in [0.4, 0.5) is 19.3 Å². The molecule has 0 saturated carbocycles. The first kappa shape index (κ1) is 23.7. The molecule has 6 rings (SSSR count). The highest BCUT2D eigenvalue weighted by Crippen LogP contribution is 2.39. The number of fused-ring (bicyclic) bond motifs is 3. The first-order valence-corrected chi connectivity index (χ1v) is 12.5. The smallest absolute Gasteiger partial charge is 0.307 e. The molecule has 1 N–H and O–H groups in total. The van der Waals surface area contributed by atoms with Crippen LogP contribution in [0.3, 0.4) is 0 Å². The Bertz CT molecular complexity index is 1610. The lowest BCUT2D eigenvalue weighted by Crippen LogP contribution is -2.38. The summed E-state index contributed by atoms with van der Waals surface area (Å²) < 4.78 is 32.4. The van der Waals surface area contributed by atoms with Crippen molar-refractivity contribution in [1.82, 2.24) is 19.2 Å². The topological polar surface area (TPSA) is 55.1 Å². The number of aryl methyl sites for hydroxylation is 1. The van der Waals surface area contributed by atoms with Crippen LogP contribution in [0.25, 0.3) is 11.5 Å². The van der Waals surface area contributed by atoms with E-state index in [2.05, 4.69) is 5.32 Å². The predicted molar refractivity (Wildman–Crippen MR) is 141 cm³/mol. The number of anilines is 1. The SMILES string of the molecule is CCc1nn(-c2ccccc2)c2c1CN(C(=O)Nc1ccccc1F)[C@@H](c1ccc(F)cc1)c1cccn1-2. The maximum atomic E-state index is 14.5. The van der Waals surface area contributed by atoms with Gasteiger partial charge in [-0.3, -0.25) is 0 Å². The lowest BCUT2D eigenvalue weighted by molar-refractivity contribution is 0.194. The van der Waals surface area contributed by atoms with Crippen LogP contribution in [0, 0.1) is 11.6 Å². The molecule has 6 nitrogen and oxygen atoms in total. The summed E-state index contributed by atoms with van der Waals surface area (Å²) in [4.78, 5) is 15.5. The zero-order chi connectivity index (χ0) is 26.2. The Kier molecular flexibility index (Phi) is 5.99. The van der Waals surface area contributed by atoms with E-state index in [0.717, 1.165) is 34.0 Å². The van der Waals surface area contributed by atoms with Gasteiger partial charge in [-0.1, -0.05) is 49.4 Å². The number of para-hydroxylation sites is 2. The van der Waals surface area contributed by atoms with Crippen LogP contribution in [0.1, 0.15) is 35.5 Å². The molecular formula is C30H25F2N5O. The fourth-order valence-corrected chi connectivity index (χ4v) is 5.09. The van der Waals surface area contributed by atoms with E-state index < -0.39 is 17.9 Å². The van der Waals surface area contributed by atoms with Gasteiger partial charge in [0.05, 0.1) is 35.3 Å². The number of nitrogens with zero attached hydrogens (tertiary/aromatic N) is 4. The molecule has 0 radical (unpaired) electrons. The molecule has 2 amide bonds. The Morgan fingerprint density at radius 1 is 0.947 bits per heavy atom. The summed E-state index contributed by atoms with van der Waals surface area (Å²) in [5, 5.41) is 7.68. The van der Waals surface area contributed by atoms with Crippen LogP contribution in [0.5, 0.6) is 0 Å². The fraction of sp³-hybridized carbons (Fsp3) is 0.133. The quantitative estimate of drug-likeness (QED) is 0.295. The highest BCUT2D eigenvalue weighted by molar-refractivity contribution is 5.90. The normalized spacial score (nSPS) is 14.5. The van der Waals surface area contributed by atoms with Crippen molar-refractivity contribution in [3.8, 4) is 11.5 Å². The van der Waals surface area contributed by atoms with Gasteiger partial charge in [0.1, 0.15) is 17.5 Å². The lowest BCUT2D eigenvalue weighted by Gasteiger charge is -2.31. The largest absolute Gasteiger partial charge is 0.323 e. The van der Waals surface area contributed by atoms with E-state index in [4.69, 9.17) is 5.10 Å². The number of carbonyl (C=O) groups excluding carboxylic acids is 1. The Labute approximate surface area is 218 Å². The monoisotopic (exact) mass is 509 g/mol. The number of halogens is 2. The van der Waals surface area contributed by atoms with Gasteiger partial charge in [-0.2, -0.15) is 5.10 Å². The van der Waals surface area contributed by atoms with Gasteiger partial charge in [0, 0.05) is 11.8 Å². The maximum Gasteiger partial charge on any atom is 0.323 e. The standard InChI is InChI=1S/C30H25F2N5O/c1-2-25-23-19-36(30(38)33-26-12-7-6-11-24(26)32)28(20-14-16-21(31)17-15-20)27-13-8-18-35(27)29(23)37(34-25)22-9-4-3-5-10-22/h3-18,28H,2,19H2,1H3,(H,33,38)/t28-/m0/s1. The number of benzene rings is 3. The van der Waals surface area contributed by atoms with Gasteiger partial charge in [-0.05, 0) is 60.5 Å². The molecule has 2 aromatic heterocycles. The van der Waals surface area contributed by atoms with E-state index in [-0.39, 0.29) is 18.0 Å². The second-order valence-electron chi connectivity index (χ2n) is 9.14. The molecule has 8 heteroatoms. The van der Waals surface area contributed by atoms with Crippen molar-refractivity contribution in [2.45, 2.75) is 25.9 Å². The third kappa shape index (κ3) is 4.04. The summed E-state index contributed by atoms with van der Waals surface area (Å²) in [6.45, 7) is 2.25. The summed E-state index contributed by atoms with van der Waals surface area (Å²) in [6.07, 6.45) is 2.60. The second-order valence-corrected chi connectivity index (χ2v) is 9.14. The van der Waals surface area contributed by atoms with Crippen molar-refractivity contribution < 1.29 is 13.6 Å². The minimum Gasteiger partial charge on any atom is -0.307 e. The van der Waals surface area contributed by atoms with E-state index in [9.17, 15) is 13.6 Å². The maximum absolute atomic E-state index is 14.5. The summed E-state index contributed by atoms with van der Waals surface area (Å²) in [6, 6.07) is 24.9. The van der Waals surface area contributed by atoms with Gasteiger partial charge in [0.15, 0.2) is 0 Å². The predicted octanol–water partition coefficient (Wildman–Crippen LogP) is 6.64. The van der Waals surface area contributed by atoms with Gasteiger partial charge in [-0.15, -0.1) is 0 Å². The molecule has 0 saturated heterocycles. The molecule has 0 spiro atoms. The molecule has 190 valence electrons. The third-order valence-electron chi connectivity index (χ3n) is 6.87. The van der Waals surface area contributed by atoms with Crippen LogP contribution >= 0.6 is 0 Å². The molecule has 38 heavy (non-hydrogen) atoms. The Morgan fingerprint density at radius 3 is 2.42 bits per heavy atom. The van der Waals surface area contributed by atoms with Crippen molar-refractivity contribution >= 4 is 11.7 Å². The number of hydrogen-bond acceptors (Lipinski definition) is 2. The molecule has 1 aliphatic heterocycles. The van der Waals surface area contributed by atoms with E-state index in [0.29, 0.717) is 6.42 Å². The molecule has 1 atom stereocenters. The van der Waals surface area contributed by atoms with Gasteiger partial charge in [0.2, 0.25) is 0 Å². The summed E-state index contributed by atoms with van der Waals surface area (Å²) in [5.41, 5.74) is 4.27. The second kappa shape index (κ2) is 9.63. The molecule has 0 bridgehead atoms. The summed E-state index contributed by atoms with van der Waals surface area (Å²) in [7, 11) is 0.